The Balaban J connectivity index is 1.35. The van der Waals surface area contributed by atoms with Crippen LogP contribution in [0.25, 0.3) is 6.08 Å². The van der Waals surface area contributed by atoms with Gasteiger partial charge in [0.2, 0.25) is 0 Å². The summed E-state index contributed by atoms with van der Waals surface area (Å²) in [7, 11) is 1.50. The monoisotopic (exact) mass is 484 g/mol. The third kappa shape index (κ3) is 5.95. The number of hydrogen-bond acceptors (Lipinski definition) is 7. The number of rotatable bonds is 7. The average Bonchev–Trinajstić information content (AvgIpc) is 3.20. The van der Waals surface area contributed by atoms with Crippen molar-refractivity contribution in [1.29, 1.82) is 0 Å². The van der Waals surface area contributed by atoms with E-state index in [-0.39, 0.29) is 18.3 Å². The number of hydrogen-bond donors (Lipinski definition) is 1. The molecule has 178 valence electrons. The SMILES string of the molecule is COc1cc(/C=C2/SC(N3CCN(Cc4ccc(F)cc4)CC3)=NC2=O)ccc1OCC(N)=O. The molecule has 1 fully saturated rings. The summed E-state index contributed by atoms with van der Waals surface area (Å²) >= 11 is 1.35. The molecule has 0 atom stereocenters. The molecule has 2 aromatic rings. The van der Waals surface area contributed by atoms with E-state index in [9.17, 15) is 14.0 Å². The molecular formula is C24H25FN4O4S. The van der Waals surface area contributed by atoms with Crippen LogP contribution in [0, 0.1) is 5.82 Å². The number of piperazine rings is 1. The predicted molar refractivity (Wildman–Crippen MR) is 129 cm³/mol. The highest BCUT2D eigenvalue weighted by atomic mass is 32.2. The number of primary amides is 1. The van der Waals surface area contributed by atoms with Gasteiger partial charge < -0.3 is 20.1 Å². The van der Waals surface area contributed by atoms with Crippen LogP contribution in [-0.2, 0) is 16.1 Å². The summed E-state index contributed by atoms with van der Waals surface area (Å²) in [4.78, 5) is 32.7. The number of nitrogens with zero attached hydrogens (tertiary/aromatic N) is 3. The Hall–Kier alpha value is -3.37. The molecule has 2 aliphatic heterocycles. The fourth-order valence-electron chi connectivity index (χ4n) is 3.67. The van der Waals surface area contributed by atoms with Gasteiger partial charge >= 0.3 is 0 Å². The second kappa shape index (κ2) is 10.7. The van der Waals surface area contributed by atoms with Crippen molar-refractivity contribution >= 4 is 34.8 Å². The zero-order chi connectivity index (χ0) is 24.1. The van der Waals surface area contributed by atoms with Gasteiger partial charge in [0.25, 0.3) is 11.8 Å². The van der Waals surface area contributed by atoms with Crippen LogP contribution in [0.15, 0.2) is 52.4 Å². The van der Waals surface area contributed by atoms with Gasteiger partial charge in [-0.1, -0.05) is 18.2 Å². The predicted octanol–water partition coefficient (Wildman–Crippen LogP) is 2.49. The highest BCUT2D eigenvalue weighted by Gasteiger charge is 2.28. The largest absolute Gasteiger partial charge is 0.493 e. The van der Waals surface area contributed by atoms with Crippen molar-refractivity contribution in [2.45, 2.75) is 6.54 Å². The quantitative estimate of drug-likeness (QED) is 0.603. The van der Waals surface area contributed by atoms with Crippen LogP contribution in [0.1, 0.15) is 11.1 Å². The molecule has 0 unspecified atom stereocenters. The van der Waals surface area contributed by atoms with E-state index in [4.69, 9.17) is 15.2 Å². The molecule has 0 spiro atoms. The Labute approximate surface area is 201 Å². The Morgan fingerprint density at radius 3 is 2.56 bits per heavy atom. The van der Waals surface area contributed by atoms with Crippen LogP contribution in [0.4, 0.5) is 4.39 Å². The molecule has 34 heavy (non-hydrogen) atoms. The minimum Gasteiger partial charge on any atom is -0.493 e. The summed E-state index contributed by atoms with van der Waals surface area (Å²) in [6.45, 7) is 3.68. The summed E-state index contributed by atoms with van der Waals surface area (Å²) in [5.74, 6) is -0.262. The summed E-state index contributed by atoms with van der Waals surface area (Å²) in [5.41, 5.74) is 6.94. The highest BCUT2D eigenvalue weighted by Crippen LogP contribution is 2.33. The van der Waals surface area contributed by atoms with Gasteiger partial charge in [0.15, 0.2) is 23.3 Å². The summed E-state index contributed by atoms with van der Waals surface area (Å²) in [6.07, 6.45) is 1.76. The first-order chi connectivity index (χ1) is 16.4. The Morgan fingerprint density at radius 1 is 1.15 bits per heavy atom. The maximum atomic E-state index is 13.1. The highest BCUT2D eigenvalue weighted by molar-refractivity contribution is 8.18. The van der Waals surface area contributed by atoms with Gasteiger partial charge in [-0.2, -0.15) is 4.99 Å². The van der Waals surface area contributed by atoms with Crippen LogP contribution in [0.5, 0.6) is 11.5 Å². The summed E-state index contributed by atoms with van der Waals surface area (Å²) in [6, 6.07) is 11.7. The molecular weight excluding hydrogens is 459 g/mol. The molecule has 0 aromatic heterocycles. The lowest BCUT2D eigenvalue weighted by Gasteiger charge is -2.35. The molecule has 10 heteroatoms. The molecule has 0 saturated carbocycles. The second-order valence-electron chi connectivity index (χ2n) is 7.87. The number of nitrogens with two attached hydrogens (primary N) is 1. The number of carbonyl (C=O) groups excluding carboxylic acids is 2. The number of methoxy groups -OCH3 is 1. The third-order valence-electron chi connectivity index (χ3n) is 5.43. The number of amides is 2. The zero-order valence-electron chi connectivity index (χ0n) is 18.7. The first-order valence-corrected chi connectivity index (χ1v) is 11.6. The van der Waals surface area contributed by atoms with Gasteiger partial charge in [-0.25, -0.2) is 4.39 Å². The van der Waals surface area contributed by atoms with Gasteiger partial charge in [-0.15, -0.1) is 0 Å². The first kappa shape index (κ1) is 23.8. The normalized spacial score (nSPS) is 17.7. The molecule has 4 rings (SSSR count). The lowest BCUT2D eigenvalue weighted by atomic mass is 10.2. The Bertz CT molecular complexity index is 1130. The van der Waals surface area contributed by atoms with Crippen LogP contribution in [0.3, 0.4) is 0 Å². The van der Waals surface area contributed by atoms with E-state index in [1.54, 1.807) is 36.4 Å². The van der Waals surface area contributed by atoms with Crippen molar-refractivity contribution in [2.24, 2.45) is 10.7 Å². The van der Waals surface area contributed by atoms with Crippen molar-refractivity contribution in [3.63, 3.8) is 0 Å². The van der Waals surface area contributed by atoms with Crippen molar-refractivity contribution < 1.29 is 23.5 Å². The maximum Gasteiger partial charge on any atom is 0.286 e. The first-order valence-electron chi connectivity index (χ1n) is 10.7. The molecule has 2 heterocycles. The van der Waals surface area contributed by atoms with E-state index in [2.05, 4.69) is 14.8 Å². The van der Waals surface area contributed by atoms with Crippen LogP contribution >= 0.6 is 11.8 Å². The van der Waals surface area contributed by atoms with Crippen molar-refractivity contribution in [1.82, 2.24) is 9.80 Å². The molecule has 0 radical (unpaired) electrons. The van der Waals surface area contributed by atoms with Gasteiger partial charge in [-0.05, 0) is 53.2 Å². The van der Waals surface area contributed by atoms with E-state index in [0.29, 0.717) is 21.6 Å². The maximum absolute atomic E-state index is 13.1. The third-order valence-corrected chi connectivity index (χ3v) is 6.47. The number of thioether (sulfide) groups is 1. The van der Waals surface area contributed by atoms with Crippen LogP contribution in [-0.4, -0.2) is 66.7 Å². The number of aliphatic imine (C=N–C) groups is 1. The molecule has 2 N–H and O–H groups in total. The van der Waals surface area contributed by atoms with Gasteiger partial charge in [0, 0.05) is 32.7 Å². The summed E-state index contributed by atoms with van der Waals surface area (Å²) in [5, 5.41) is 0.700. The minimum absolute atomic E-state index is 0.232. The topological polar surface area (TPSA) is 97.5 Å². The summed E-state index contributed by atoms with van der Waals surface area (Å²) < 4.78 is 23.8. The van der Waals surface area contributed by atoms with Crippen LogP contribution < -0.4 is 15.2 Å². The fraction of sp³-hybridized carbons (Fsp3) is 0.292. The van der Waals surface area contributed by atoms with E-state index < -0.39 is 5.91 Å². The second-order valence-corrected chi connectivity index (χ2v) is 8.87. The lowest BCUT2D eigenvalue weighted by molar-refractivity contribution is -0.120. The standard InChI is InChI=1S/C24H25FN4O4S/c1-32-20-12-17(4-7-19(20)33-15-22(26)30)13-21-23(31)27-24(34-21)29-10-8-28(9-11-29)14-16-2-5-18(25)6-3-16/h2-7,12-13H,8-11,14-15H2,1H3,(H2,26,30)/b21-13+. The Kier molecular flexibility index (Phi) is 7.49. The van der Waals surface area contributed by atoms with Crippen molar-refractivity contribution in [2.75, 3.05) is 39.9 Å². The van der Waals surface area contributed by atoms with Crippen molar-refractivity contribution in [3.05, 3.63) is 64.3 Å². The van der Waals surface area contributed by atoms with E-state index in [1.807, 2.05) is 0 Å². The smallest absolute Gasteiger partial charge is 0.286 e. The molecule has 1 saturated heterocycles. The molecule has 0 bridgehead atoms. The molecule has 2 amide bonds. The van der Waals surface area contributed by atoms with E-state index >= 15 is 0 Å². The molecule has 8 nitrogen and oxygen atoms in total. The van der Waals surface area contributed by atoms with E-state index in [1.165, 1.54) is 31.0 Å². The molecule has 0 aliphatic carbocycles. The number of carbonyl (C=O) groups is 2. The Morgan fingerprint density at radius 2 is 1.88 bits per heavy atom. The number of ether oxygens (including phenoxy) is 2. The lowest BCUT2D eigenvalue weighted by Crippen LogP contribution is -2.47. The fourth-order valence-corrected chi connectivity index (χ4v) is 4.64. The minimum atomic E-state index is -0.581. The average molecular weight is 485 g/mol. The van der Waals surface area contributed by atoms with Gasteiger partial charge in [0.05, 0.1) is 12.0 Å². The number of amidine groups is 1. The molecule has 2 aliphatic rings. The molecule has 2 aromatic carbocycles. The van der Waals surface area contributed by atoms with Gasteiger partial charge in [-0.3, -0.25) is 14.5 Å². The number of benzene rings is 2. The van der Waals surface area contributed by atoms with Gasteiger partial charge in [0.1, 0.15) is 5.82 Å². The van der Waals surface area contributed by atoms with Crippen molar-refractivity contribution in [3.8, 4) is 11.5 Å². The van der Waals surface area contributed by atoms with E-state index in [0.717, 1.165) is 43.9 Å². The zero-order valence-corrected chi connectivity index (χ0v) is 19.5. The van der Waals surface area contributed by atoms with Crippen LogP contribution in [0.2, 0.25) is 0 Å². The number of halogens is 1.